The van der Waals surface area contributed by atoms with Crippen LogP contribution in [-0.4, -0.2) is 24.2 Å². The molecule has 0 bridgehead atoms. The lowest BCUT2D eigenvalue weighted by Gasteiger charge is -2.35. The summed E-state index contributed by atoms with van der Waals surface area (Å²) in [7, 11) is 0. The smallest absolute Gasteiger partial charge is 0.252 e. The lowest BCUT2D eigenvalue weighted by molar-refractivity contribution is 0.0717. The molecular formula is C17H25NO2S. The Labute approximate surface area is 130 Å². The number of carbonyl (C=O) groups excluding carboxylic acids is 1. The maximum absolute atomic E-state index is 12.5. The van der Waals surface area contributed by atoms with Crippen molar-refractivity contribution in [1.29, 1.82) is 0 Å². The van der Waals surface area contributed by atoms with Gasteiger partial charge in [-0.3, -0.25) is 4.79 Å². The second kappa shape index (κ2) is 6.49. The fraction of sp³-hybridized carbons (Fsp3) is 0.706. The van der Waals surface area contributed by atoms with Crippen molar-refractivity contribution in [2.24, 2.45) is 5.41 Å². The van der Waals surface area contributed by atoms with E-state index in [1.54, 1.807) is 11.3 Å². The molecule has 116 valence electrons. The molecule has 0 saturated heterocycles. The Bertz CT molecular complexity index is 503. The van der Waals surface area contributed by atoms with Gasteiger partial charge in [0.05, 0.1) is 12.2 Å². The number of aliphatic hydroxyl groups excluding tert-OH is 1. The predicted molar refractivity (Wildman–Crippen MR) is 85.9 cm³/mol. The highest BCUT2D eigenvalue weighted by molar-refractivity contribution is 7.10. The van der Waals surface area contributed by atoms with Crippen LogP contribution in [0.3, 0.4) is 0 Å². The highest BCUT2D eigenvalue weighted by atomic mass is 32.1. The number of rotatable bonds is 4. The summed E-state index contributed by atoms with van der Waals surface area (Å²) in [6, 6.07) is 0. The first-order chi connectivity index (χ1) is 10.2. The zero-order chi connectivity index (χ0) is 14.7. The van der Waals surface area contributed by atoms with Crippen LogP contribution in [0.4, 0.5) is 0 Å². The summed E-state index contributed by atoms with van der Waals surface area (Å²) in [5.41, 5.74) is 2.09. The van der Waals surface area contributed by atoms with Gasteiger partial charge in [-0.2, -0.15) is 0 Å². The molecule has 0 radical (unpaired) electrons. The molecule has 0 spiro atoms. The Morgan fingerprint density at radius 3 is 2.71 bits per heavy atom. The highest BCUT2D eigenvalue weighted by Gasteiger charge is 2.32. The molecule has 0 aliphatic heterocycles. The average molecular weight is 307 g/mol. The molecule has 2 N–H and O–H groups in total. The molecular weight excluding hydrogens is 282 g/mol. The van der Waals surface area contributed by atoms with Crippen molar-refractivity contribution >= 4 is 17.2 Å². The Morgan fingerprint density at radius 1 is 1.19 bits per heavy atom. The molecule has 0 unspecified atom stereocenters. The summed E-state index contributed by atoms with van der Waals surface area (Å²) < 4.78 is 0. The van der Waals surface area contributed by atoms with Crippen LogP contribution in [0, 0.1) is 5.41 Å². The van der Waals surface area contributed by atoms with Crippen LogP contribution in [0.2, 0.25) is 0 Å². The molecule has 2 aliphatic rings. The Morgan fingerprint density at radius 2 is 1.95 bits per heavy atom. The minimum Gasteiger partial charge on any atom is -0.396 e. The van der Waals surface area contributed by atoms with Crippen LogP contribution in [0.1, 0.15) is 65.7 Å². The van der Waals surface area contributed by atoms with E-state index in [2.05, 4.69) is 5.32 Å². The summed E-state index contributed by atoms with van der Waals surface area (Å²) in [6.07, 6.45) is 10.3. The van der Waals surface area contributed by atoms with Gasteiger partial charge in [0.25, 0.3) is 5.91 Å². The van der Waals surface area contributed by atoms with Crippen molar-refractivity contribution < 1.29 is 9.90 Å². The number of aliphatic hydroxyl groups is 1. The lowest BCUT2D eigenvalue weighted by Crippen LogP contribution is -2.41. The molecule has 1 aromatic rings. The van der Waals surface area contributed by atoms with E-state index in [1.807, 2.05) is 5.38 Å². The molecule has 1 amide bonds. The van der Waals surface area contributed by atoms with Gasteiger partial charge in [-0.05, 0) is 44.1 Å². The van der Waals surface area contributed by atoms with Crippen LogP contribution in [0.15, 0.2) is 5.38 Å². The number of aryl methyl sites for hydroxylation is 1. The Kier molecular flexibility index (Phi) is 4.65. The first-order valence-corrected chi connectivity index (χ1v) is 9.10. The summed E-state index contributed by atoms with van der Waals surface area (Å²) in [4.78, 5) is 13.9. The minimum atomic E-state index is -0.0794. The SMILES string of the molecule is O=C(NCC1(CO)CCCCC1)c1csc2c1CCCC2. The maximum Gasteiger partial charge on any atom is 0.252 e. The highest BCUT2D eigenvalue weighted by Crippen LogP contribution is 2.35. The molecule has 3 rings (SSSR count). The largest absolute Gasteiger partial charge is 0.396 e. The number of hydrogen-bond acceptors (Lipinski definition) is 3. The third kappa shape index (κ3) is 3.16. The van der Waals surface area contributed by atoms with Crippen molar-refractivity contribution in [2.45, 2.75) is 57.8 Å². The van der Waals surface area contributed by atoms with E-state index in [0.29, 0.717) is 6.54 Å². The fourth-order valence-corrected chi connectivity index (χ4v) is 4.87. The van der Waals surface area contributed by atoms with Crippen LogP contribution in [0.5, 0.6) is 0 Å². The van der Waals surface area contributed by atoms with E-state index in [-0.39, 0.29) is 17.9 Å². The number of hydrogen-bond donors (Lipinski definition) is 2. The number of amides is 1. The van der Waals surface area contributed by atoms with E-state index < -0.39 is 0 Å². The summed E-state index contributed by atoms with van der Waals surface area (Å²) in [5.74, 6) is 0.0628. The van der Waals surface area contributed by atoms with E-state index in [9.17, 15) is 9.90 Å². The number of thiophene rings is 1. The van der Waals surface area contributed by atoms with E-state index in [1.165, 1.54) is 42.5 Å². The number of nitrogens with one attached hydrogen (secondary N) is 1. The average Bonchev–Trinajstić information content (AvgIpc) is 2.98. The molecule has 0 atom stereocenters. The molecule has 21 heavy (non-hydrogen) atoms. The van der Waals surface area contributed by atoms with Gasteiger partial charge in [-0.1, -0.05) is 19.3 Å². The first kappa shape index (κ1) is 15.0. The van der Waals surface area contributed by atoms with Crippen LogP contribution < -0.4 is 5.32 Å². The minimum absolute atomic E-state index is 0.0628. The van der Waals surface area contributed by atoms with Gasteiger partial charge >= 0.3 is 0 Å². The third-order valence-corrected chi connectivity index (χ3v) is 6.27. The van der Waals surface area contributed by atoms with Crippen molar-refractivity contribution in [1.82, 2.24) is 5.32 Å². The van der Waals surface area contributed by atoms with Crippen LogP contribution in [-0.2, 0) is 12.8 Å². The van der Waals surface area contributed by atoms with Crippen molar-refractivity contribution in [3.05, 3.63) is 21.4 Å². The van der Waals surface area contributed by atoms with Crippen molar-refractivity contribution in [3.63, 3.8) is 0 Å². The second-order valence-electron chi connectivity index (χ2n) is 6.66. The summed E-state index contributed by atoms with van der Waals surface area (Å²) >= 11 is 1.74. The fourth-order valence-electron chi connectivity index (χ4n) is 3.74. The van der Waals surface area contributed by atoms with E-state index in [4.69, 9.17) is 0 Å². The van der Waals surface area contributed by atoms with Gasteiger partial charge in [0.15, 0.2) is 0 Å². The Balaban J connectivity index is 1.65. The monoisotopic (exact) mass is 307 g/mol. The number of fused-ring (bicyclic) bond motifs is 1. The normalized spacial score (nSPS) is 20.8. The number of carbonyl (C=O) groups is 1. The quantitative estimate of drug-likeness (QED) is 0.896. The van der Waals surface area contributed by atoms with Crippen molar-refractivity contribution in [3.8, 4) is 0 Å². The predicted octanol–water partition coefficient (Wildman–Crippen LogP) is 3.30. The van der Waals surface area contributed by atoms with Gasteiger partial charge in [-0.15, -0.1) is 11.3 Å². The molecule has 0 aromatic carbocycles. The molecule has 3 nitrogen and oxygen atoms in total. The standard InChI is InChI=1S/C17H25NO2S/c19-12-17(8-4-1-5-9-17)11-18-16(20)14-10-21-15-7-3-2-6-13(14)15/h10,19H,1-9,11-12H2,(H,18,20). The zero-order valence-electron chi connectivity index (χ0n) is 12.6. The molecule has 1 heterocycles. The molecule has 1 fully saturated rings. The second-order valence-corrected chi connectivity index (χ2v) is 7.62. The molecule has 2 aliphatic carbocycles. The Hall–Kier alpha value is -0.870. The van der Waals surface area contributed by atoms with E-state index >= 15 is 0 Å². The maximum atomic E-state index is 12.5. The first-order valence-electron chi connectivity index (χ1n) is 8.22. The van der Waals surface area contributed by atoms with Crippen LogP contribution in [0.25, 0.3) is 0 Å². The zero-order valence-corrected chi connectivity index (χ0v) is 13.4. The molecule has 1 aromatic heterocycles. The third-order valence-electron chi connectivity index (χ3n) is 5.18. The topological polar surface area (TPSA) is 49.3 Å². The van der Waals surface area contributed by atoms with Gasteiger partial charge in [-0.25, -0.2) is 0 Å². The van der Waals surface area contributed by atoms with E-state index in [0.717, 1.165) is 31.2 Å². The summed E-state index contributed by atoms with van der Waals surface area (Å²) in [5, 5.41) is 14.9. The van der Waals surface area contributed by atoms with Gasteiger partial charge in [0, 0.05) is 22.2 Å². The van der Waals surface area contributed by atoms with Crippen molar-refractivity contribution in [2.75, 3.05) is 13.2 Å². The van der Waals surface area contributed by atoms with Gasteiger partial charge in [0.1, 0.15) is 0 Å². The molecule has 4 heteroatoms. The summed E-state index contributed by atoms with van der Waals surface area (Å²) in [6.45, 7) is 0.808. The van der Waals surface area contributed by atoms with Gasteiger partial charge < -0.3 is 10.4 Å². The molecule has 1 saturated carbocycles. The van der Waals surface area contributed by atoms with Crippen LogP contribution >= 0.6 is 11.3 Å². The van der Waals surface area contributed by atoms with Gasteiger partial charge in [0.2, 0.25) is 0 Å². The lowest BCUT2D eigenvalue weighted by atomic mass is 9.74.